The van der Waals surface area contributed by atoms with Crippen molar-refractivity contribution in [1.29, 1.82) is 0 Å². The molecule has 0 aromatic carbocycles. The van der Waals surface area contributed by atoms with E-state index in [1.165, 1.54) is 0 Å². The highest BCUT2D eigenvalue weighted by Gasteiger charge is 2.48. The van der Waals surface area contributed by atoms with Gasteiger partial charge >= 0.3 is 0 Å². The van der Waals surface area contributed by atoms with E-state index in [4.69, 9.17) is 0 Å². The third-order valence-corrected chi connectivity index (χ3v) is 5.19. The van der Waals surface area contributed by atoms with Crippen molar-refractivity contribution < 1.29 is 9.59 Å². The van der Waals surface area contributed by atoms with Gasteiger partial charge in [0.1, 0.15) is 11.5 Å². The minimum Gasteiger partial charge on any atom is -0.355 e. The van der Waals surface area contributed by atoms with Gasteiger partial charge in [-0.3, -0.25) is 9.59 Å². The topological polar surface area (TPSA) is 65.5 Å². The van der Waals surface area contributed by atoms with Crippen LogP contribution in [-0.2, 0) is 4.79 Å². The van der Waals surface area contributed by atoms with E-state index in [9.17, 15) is 9.59 Å². The number of piperidine rings is 1. The van der Waals surface area contributed by atoms with Crippen molar-refractivity contribution in [1.82, 2.24) is 15.2 Å². The first-order valence-corrected chi connectivity index (χ1v) is 8.83. The van der Waals surface area contributed by atoms with Gasteiger partial charge in [0, 0.05) is 33.2 Å². The maximum atomic E-state index is 13.0. The Balaban J connectivity index is 1.77. The van der Waals surface area contributed by atoms with E-state index in [1.54, 1.807) is 13.1 Å². The van der Waals surface area contributed by atoms with Gasteiger partial charge in [0.2, 0.25) is 5.91 Å². The van der Waals surface area contributed by atoms with Crippen molar-refractivity contribution in [2.45, 2.75) is 32.6 Å². The van der Waals surface area contributed by atoms with Crippen LogP contribution in [0.4, 0.5) is 5.82 Å². The third-order valence-electron chi connectivity index (χ3n) is 5.19. The molecule has 3 heterocycles. The molecule has 2 saturated heterocycles. The highest BCUT2D eigenvalue weighted by Crippen LogP contribution is 2.41. The number of carbonyl (C=O) groups is 2. The molecule has 6 nitrogen and oxygen atoms in total. The van der Waals surface area contributed by atoms with Gasteiger partial charge in [-0.25, -0.2) is 4.98 Å². The summed E-state index contributed by atoms with van der Waals surface area (Å²) >= 11 is 0. The van der Waals surface area contributed by atoms with E-state index in [0.717, 1.165) is 51.1 Å². The molecule has 1 aromatic heterocycles. The maximum Gasteiger partial charge on any atom is 0.269 e. The van der Waals surface area contributed by atoms with E-state index in [0.29, 0.717) is 18.1 Å². The van der Waals surface area contributed by atoms with Gasteiger partial charge in [0.05, 0.1) is 5.41 Å². The van der Waals surface area contributed by atoms with Crippen LogP contribution in [0, 0.1) is 5.41 Å². The van der Waals surface area contributed by atoms with Crippen LogP contribution in [0.5, 0.6) is 0 Å². The maximum absolute atomic E-state index is 13.0. The first-order chi connectivity index (χ1) is 11.6. The second-order valence-electron chi connectivity index (χ2n) is 6.81. The second-order valence-corrected chi connectivity index (χ2v) is 6.81. The molecule has 2 aliphatic heterocycles. The standard InChI is InChI=1S/C18H26N4O2/c1-3-10-21-11-5-8-18(17(21)24)9-12-22(13-18)15-7-4-6-14(20-15)16(23)19-2/h4,6-7H,3,5,8-13H2,1-2H3,(H,19,23). The summed E-state index contributed by atoms with van der Waals surface area (Å²) in [6, 6.07) is 5.48. The lowest BCUT2D eigenvalue weighted by Gasteiger charge is -2.39. The van der Waals surface area contributed by atoms with Crippen LogP contribution < -0.4 is 10.2 Å². The second kappa shape index (κ2) is 6.79. The Labute approximate surface area is 143 Å². The van der Waals surface area contributed by atoms with Gasteiger partial charge in [-0.1, -0.05) is 13.0 Å². The molecule has 1 unspecified atom stereocenters. The molecule has 24 heavy (non-hydrogen) atoms. The molecule has 1 aromatic rings. The lowest BCUT2D eigenvalue weighted by Crippen LogP contribution is -2.50. The normalized spacial score (nSPS) is 23.8. The number of nitrogens with zero attached hydrogens (tertiary/aromatic N) is 3. The zero-order valence-corrected chi connectivity index (χ0v) is 14.5. The van der Waals surface area contributed by atoms with Crippen LogP contribution in [0.1, 0.15) is 43.1 Å². The van der Waals surface area contributed by atoms with Crippen LogP contribution in [0.2, 0.25) is 0 Å². The smallest absolute Gasteiger partial charge is 0.269 e. The largest absolute Gasteiger partial charge is 0.355 e. The molecule has 1 N–H and O–H groups in total. The Morgan fingerprint density at radius 1 is 1.33 bits per heavy atom. The minimum atomic E-state index is -0.266. The molecule has 1 atom stereocenters. The van der Waals surface area contributed by atoms with Crippen LogP contribution in [-0.4, -0.2) is 54.9 Å². The summed E-state index contributed by atoms with van der Waals surface area (Å²) in [5.74, 6) is 0.905. The lowest BCUT2D eigenvalue weighted by molar-refractivity contribution is -0.145. The van der Waals surface area contributed by atoms with Gasteiger partial charge < -0.3 is 15.1 Å². The van der Waals surface area contributed by atoms with Gasteiger partial charge in [-0.2, -0.15) is 0 Å². The molecular weight excluding hydrogens is 304 g/mol. The molecule has 3 rings (SSSR count). The molecule has 0 bridgehead atoms. The van der Waals surface area contributed by atoms with Crippen LogP contribution in [0.25, 0.3) is 0 Å². The summed E-state index contributed by atoms with van der Waals surface area (Å²) < 4.78 is 0. The molecule has 1 spiro atoms. The monoisotopic (exact) mass is 330 g/mol. The summed E-state index contributed by atoms with van der Waals surface area (Å²) in [6.07, 6.45) is 3.90. The summed E-state index contributed by atoms with van der Waals surface area (Å²) in [4.78, 5) is 33.4. The number of aromatic nitrogens is 1. The number of pyridine rings is 1. The number of hydrogen-bond donors (Lipinski definition) is 1. The van der Waals surface area contributed by atoms with Crippen LogP contribution in [0.3, 0.4) is 0 Å². The summed E-state index contributed by atoms with van der Waals surface area (Å²) in [7, 11) is 1.60. The molecule has 2 amide bonds. The number of likely N-dealkylation sites (tertiary alicyclic amines) is 1. The van der Waals surface area contributed by atoms with Crippen molar-refractivity contribution in [2.24, 2.45) is 5.41 Å². The Morgan fingerprint density at radius 3 is 2.92 bits per heavy atom. The molecule has 2 aliphatic rings. The first-order valence-electron chi connectivity index (χ1n) is 8.83. The summed E-state index contributed by atoms with van der Waals surface area (Å²) in [6.45, 7) is 5.37. The van der Waals surface area contributed by atoms with Crippen molar-refractivity contribution in [2.75, 3.05) is 38.1 Å². The Kier molecular flexibility index (Phi) is 4.73. The SMILES string of the molecule is CCCN1CCCC2(CCN(c3cccc(C(=O)NC)n3)C2)C1=O. The highest BCUT2D eigenvalue weighted by atomic mass is 16.2. The summed E-state index contributed by atoms with van der Waals surface area (Å²) in [5.41, 5.74) is 0.150. The van der Waals surface area contributed by atoms with Crippen LogP contribution in [0.15, 0.2) is 18.2 Å². The van der Waals surface area contributed by atoms with Crippen molar-refractivity contribution in [3.05, 3.63) is 23.9 Å². The average Bonchev–Trinajstić information content (AvgIpc) is 3.04. The zero-order valence-electron chi connectivity index (χ0n) is 14.5. The minimum absolute atomic E-state index is 0.186. The molecule has 0 saturated carbocycles. The average molecular weight is 330 g/mol. The number of anilines is 1. The van der Waals surface area contributed by atoms with Crippen LogP contribution >= 0.6 is 0 Å². The van der Waals surface area contributed by atoms with Crippen molar-refractivity contribution in [3.63, 3.8) is 0 Å². The highest BCUT2D eigenvalue weighted by molar-refractivity contribution is 5.92. The number of rotatable bonds is 4. The van der Waals surface area contributed by atoms with Crippen molar-refractivity contribution >= 4 is 17.6 Å². The molecule has 0 radical (unpaired) electrons. The van der Waals surface area contributed by atoms with E-state index in [-0.39, 0.29) is 11.3 Å². The fraction of sp³-hybridized carbons (Fsp3) is 0.611. The van der Waals surface area contributed by atoms with Gasteiger partial charge in [-0.05, 0) is 37.8 Å². The number of nitrogens with one attached hydrogen (secondary N) is 1. The predicted octanol–water partition coefficient (Wildman–Crippen LogP) is 1.67. The first kappa shape index (κ1) is 16.7. The number of amides is 2. The molecule has 2 fully saturated rings. The number of hydrogen-bond acceptors (Lipinski definition) is 4. The van der Waals surface area contributed by atoms with E-state index >= 15 is 0 Å². The third kappa shape index (κ3) is 2.97. The Morgan fingerprint density at radius 2 is 2.17 bits per heavy atom. The van der Waals surface area contributed by atoms with E-state index in [2.05, 4.69) is 22.1 Å². The van der Waals surface area contributed by atoms with Gasteiger partial charge in [0.15, 0.2) is 0 Å². The molecule has 6 heteroatoms. The van der Waals surface area contributed by atoms with E-state index < -0.39 is 0 Å². The van der Waals surface area contributed by atoms with Gasteiger partial charge in [0.25, 0.3) is 5.91 Å². The molecule has 130 valence electrons. The Bertz CT molecular complexity index is 631. The van der Waals surface area contributed by atoms with Crippen molar-refractivity contribution in [3.8, 4) is 0 Å². The molecule has 0 aliphatic carbocycles. The quantitative estimate of drug-likeness (QED) is 0.912. The summed E-state index contributed by atoms with van der Waals surface area (Å²) in [5, 5.41) is 2.60. The zero-order chi connectivity index (χ0) is 17.2. The van der Waals surface area contributed by atoms with Gasteiger partial charge in [-0.15, -0.1) is 0 Å². The lowest BCUT2D eigenvalue weighted by atomic mass is 9.78. The Hall–Kier alpha value is -2.11. The number of carbonyl (C=O) groups excluding carboxylic acids is 2. The fourth-order valence-electron chi connectivity index (χ4n) is 3.94. The van der Waals surface area contributed by atoms with E-state index in [1.807, 2.05) is 17.0 Å². The fourth-order valence-corrected chi connectivity index (χ4v) is 3.94. The predicted molar refractivity (Wildman–Crippen MR) is 93.0 cm³/mol. The molecular formula is C18H26N4O2.